The maximum atomic E-state index is 10.9. The van der Waals surface area contributed by atoms with Crippen LogP contribution in [0.4, 0.5) is 11.4 Å². The van der Waals surface area contributed by atoms with Gasteiger partial charge in [-0.2, -0.15) is 0 Å². The van der Waals surface area contributed by atoms with Gasteiger partial charge in [-0.3, -0.25) is 20.9 Å². The molecule has 1 aromatic carbocycles. The van der Waals surface area contributed by atoms with Gasteiger partial charge in [-0.05, 0) is 24.3 Å². The fourth-order valence-electron chi connectivity index (χ4n) is 1.45. The number of anilines is 1. The Morgan fingerprint density at radius 3 is 2.87 bits per heavy atom. The molecule has 0 aliphatic heterocycles. The summed E-state index contributed by atoms with van der Waals surface area (Å²) in [5, 5.41) is 11.3. The molecule has 0 amide bonds. The lowest BCUT2D eigenvalue weighted by atomic mass is 10.1. The maximum absolute atomic E-state index is 10.9. The van der Waals surface area contributed by atoms with E-state index in [1.54, 1.807) is 24.4 Å². The Morgan fingerprint density at radius 2 is 2.20 bits per heavy atom. The van der Waals surface area contributed by atoms with Crippen LogP contribution in [0.1, 0.15) is 0 Å². The fraction of sp³-hybridized carbons (Fsp3) is 0. The lowest BCUT2D eigenvalue weighted by Gasteiger charge is -2.04. The van der Waals surface area contributed by atoms with E-state index in [9.17, 15) is 10.1 Å². The van der Waals surface area contributed by atoms with E-state index in [0.717, 1.165) is 0 Å². The van der Waals surface area contributed by atoms with Crippen LogP contribution < -0.4 is 11.3 Å². The molecule has 0 unspecified atom stereocenters. The van der Waals surface area contributed by atoms with E-state index >= 15 is 0 Å². The van der Waals surface area contributed by atoms with E-state index in [1.165, 1.54) is 6.07 Å². The monoisotopic (exact) mass is 204 g/mol. The lowest BCUT2D eigenvalue weighted by molar-refractivity contribution is -0.382. The van der Waals surface area contributed by atoms with Gasteiger partial charge in [-0.15, -0.1) is 0 Å². The number of benzene rings is 1. The van der Waals surface area contributed by atoms with E-state index in [0.29, 0.717) is 10.9 Å². The van der Waals surface area contributed by atoms with Gasteiger partial charge < -0.3 is 5.43 Å². The number of nitro groups is 1. The van der Waals surface area contributed by atoms with Crippen molar-refractivity contribution in [2.24, 2.45) is 5.84 Å². The molecule has 2 rings (SSSR count). The Balaban J connectivity index is 2.85. The molecule has 15 heavy (non-hydrogen) atoms. The number of nitrogens with zero attached hydrogens (tertiary/aromatic N) is 2. The number of hydrogen-bond donors (Lipinski definition) is 2. The number of hydrogen-bond acceptors (Lipinski definition) is 5. The second-order valence-electron chi connectivity index (χ2n) is 2.93. The first-order valence-corrected chi connectivity index (χ1v) is 4.23. The van der Waals surface area contributed by atoms with Gasteiger partial charge in [-0.1, -0.05) is 0 Å². The van der Waals surface area contributed by atoms with Gasteiger partial charge >= 0.3 is 5.69 Å². The first-order chi connectivity index (χ1) is 7.24. The molecule has 1 heterocycles. The molecule has 6 heteroatoms. The Hall–Kier alpha value is -2.21. The Kier molecular flexibility index (Phi) is 2.18. The molecule has 1 aromatic heterocycles. The molecular weight excluding hydrogens is 196 g/mol. The van der Waals surface area contributed by atoms with Gasteiger partial charge in [0.05, 0.1) is 15.8 Å². The highest BCUT2D eigenvalue weighted by atomic mass is 16.6. The van der Waals surface area contributed by atoms with Crippen LogP contribution in [-0.2, 0) is 0 Å². The first-order valence-electron chi connectivity index (χ1n) is 4.23. The van der Waals surface area contributed by atoms with Gasteiger partial charge in [0.15, 0.2) is 0 Å². The number of nitrogen functional groups attached to an aromatic ring is 1. The number of nitrogens with two attached hydrogens (primary N) is 1. The fourth-order valence-corrected chi connectivity index (χ4v) is 1.45. The smallest absolute Gasteiger partial charge is 0.302 e. The SMILES string of the molecule is NNc1ccc2ncccc2c1[N+](=O)[O-]. The van der Waals surface area contributed by atoms with Crippen molar-refractivity contribution in [3.63, 3.8) is 0 Å². The van der Waals surface area contributed by atoms with Crippen LogP contribution in [0.15, 0.2) is 30.5 Å². The van der Waals surface area contributed by atoms with Gasteiger partial charge in [0.25, 0.3) is 0 Å². The van der Waals surface area contributed by atoms with Crippen molar-refractivity contribution >= 4 is 22.3 Å². The number of fused-ring (bicyclic) bond motifs is 1. The number of aromatic nitrogens is 1. The summed E-state index contributed by atoms with van der Waals surface area (Å²) in [6, 6.07) is 6.50. The zero-order valence-electron chi connectivity index (χ0n) is 7.68. The highest BCUT2D eigenvalue weighted by Crippen LogP contribution is 2.31. The number of pyridine rings is 1. The molecule has 0 radical (unpaired) electrons. The lowest BCUT2D eigenvalue weighted by Crippen LogP contribution is -2.09. The molecule has 76 valence electrons. The zero-order valence-corrected chi connectivity index (χ0v) is 7.68. The van der Waals surface area contributed by atoms with E-state index in [1.807, 2.05) is 0 Å². The van der Waals surface area contributed by atoms with Gasteiger partial charge in [0.1, 0.15) is 5.69 Å². The van der Waals surface area contributed by atoms with Crippen molar-refractivity contribution in [2.75, 3.05) is 5.43 Å². The average Bonchev–Trinajstić information content (AvgIpc) is 2.27. The van der Waals surface area contributed by atoms with Crippen LogP contribution >= 0.6 is 0 Å². The predicted molar refractivity (Wildman–Crippen MR) is 56.2 cm³/mol. The average molecular weight is 204 g/mol. The summed E-state index contributed by atoms with van der Waals surface area (Å²) in [7, 11) is 0. The molecule has 0 spiro atoms. The summed E-state index contributed by atoms with van der Waals surface area (Å²) in [6.07, 6.45) is 1.58. The van der Waals surface area contributed by atoms with Crippen LogP contribution in [0.3, 0.4) is 0 Å². The molecule has 0 saturated carbocycles. The van der Waals surface area contributed by atoms with Crippen LogP contribution in [0.25, 0.3) is 10.9 Å². The summed E-state index contributed by atoms with van der Waals surface area (Å²) in [5.41, 5.74) is 3.10. The quantitative estimate of drug-likeness (QED) is 0.438. The topological polar surface area (TPSA) is 94.1 Å². The third kappa shape index (κ3) is 1.46. The number of nitro benzene ring substituents is 1. The van der Waals surface area contributed by atoms with Crippen LogP contribution in [0, 0.1) is 10.1 Å². The number of hydrazine groups is 1. The van der Waals surface area contributed by atoms with Gasteiger partial charge in [0.2, 0.25) is 0 Å². The molecular formula is C9H8N4O2. The van der Waals surface area contributed by atoms with Crippen molar-refractivity contribution in [3.8, 4) is 0 Å². The van der Waals surface area contributed by atoms with Gasteiger partial charge in [0, 0.05) is 6.20 Å². The summed E-state index contributed by atoms with van der Waals surface area (Å²) in [4.78, 5) is 14.4. The highest BCUT2D eigenvalue weighted by Gasteiger charge is 2.17. The zero-order chi connectivity index (χ0) is 10.8. The molecule has 0 aliphatic rings. The molecule has 2 aromatic rings. The molecule has 0 bridgehead atoms. The van der Waals surface area contributed by atoms with E-state index < -0.39 is 4.92 Å². The second-order valence-corrected chi connectivity index (χ2v) is 2.93. The van der Waals surface area contributed by atoms with Gasteiger partial charge in [-0.25, -0.2) is 0 Å². The van der Waals surface area contributed by atoms with Crippen molar-refractivity contribution in [1.82, 2.24) is 4.98 Å². The molecule has 0 atom stereocenters. The molecule has 3 N–H and O–H groups in total. The molecule has 0 saturated heterocycles. The third-order valence-electron chi connectivity index (χ3n) is 2.09. The first kappa shape index (κ1) is 9.35. The van der Waals surface area contributed by atoms with E-state index in [-0.39, 0.29) is 11.4 Å². The molecule has 0 fully saturated rings. The van der Waals surface area contributed by atoms with Crippen LogP contribution in [0.2, 0.25) is 0 Å². The summed E-state index contributed by atoms with van der Waals surface area (Å²) in [6.45, 7) is 0. The number of nitrogens with one attached hydrogen (secondary N) is 1. The van der Waals surface area contributed by atoms with Crippen molar-refractivity contribution in [3.05, 3.63) is 40.6 Å². The molecule has 6 nitrogen and oxygen atoms in total. The van der Waals surface area contributed by atoms with E-state index in [2.05, 4.69) is 10.4 Å². The van der Waals surface area contributed by atoms with Crippen molar-refractivity contribution in [1.29, 1.82) is 0 Å². The Labute approximate surface area is 84.8 Å². The number of rotatable bonds is 2. The predicted octanol–water partition coefficient (Wildman–Crippen LogP) is 1.43. The minimum atomic E-state index is -0.473. The van der Waals surface area contributed by atoms with Crippen LogP contribution in [-0.4, -0.2) is 9.91 Å². The standard InChI is InChI=1S/C9H8N4O2/c10-12-8-4-3-7-6(2-1-5-11-7)9(8)13(14)15/h1-5,12H,10H2. The third-order valence-corrected chi connectivity index (χ3v) is 2.09. The Morgan fingerprint density at radius 1 is 1.40 bits per heavy atom. The minimum absolute atomic E-state index is 0.0527. The summed E-state index contributed by atoms with van der Waals surface area (Å²) in [5.74, 6) is 5.20. The summed E-state index contributed by atoms with van der Waals surface area (Å²) >= 11 is 0. The Bertz CT molecular complexity index is 527. The molecule has 0 aliphatic carbocycles. The normalized spacial score (nSPS) is 10.2. The summed E-state index contributed by atoms with van der Waals surface area (Å²) < 4.78 is 0. The maximum Gasteiger partial charge on any atom is 0.302 e. The van der Waals surface area contributed by atoms with Crippen molar-refractivity contribution < 1.29 is 4.92 Å². The van der Waals surface area contributed by atoms with Crippen molar-refractivity contribution in [2.45, 2.75) is 0 Å². The largest absolute Gasteiger partial charge is 0.318 e. The minimum Gasteiger partial charge on any atom is -0.318 e. The second kappa shape index (κ2) is 3.50. The van der Waals surface area contributed by atoms with Crippen LogP contribution in [0.5, 0.6) is 0 Å². The van der Waals surface area contributed by atoms with E-state index in [4.69, 9.17) is 5.84 Å². The highest BCUT2D eigenvalue weighted by molar-refractivity contribution is 5.94.